The quantitative estimate of drug-likeness (QED) is 0.787. The van der Waals surface area contributed by atoms with Crippen molar-refractivity contribution in [1.29, 1.82) is 0 Å². The Hall–Kier alpha value is -2.87. The zero-order valence-electron chi connectivity index (χ0n) is 13.7. The van der Waals surface area contributed by atoms with Gasteiger partial charge in [-0.2, -0.15) is 0 Å². The van der Waals surface area contributed by atoms with E-state index in [1.54, 1.807) is 18.2 Å². The van der Waals surface area contributed by atoms with E-state index in [4.69, 9.17) is 9.47 Å². The lowest BCUT2D eigenvalue weighted by atomic mass is 10.2. The minimum absolute atomic E-state index is 0.146. The standard InChI is InChI=1S/C17H17NO6S/c1-23-15-6-4-3-5-14(15)17(20)24-11-16(19)18-12-7-9-13(10-8-12)25(2,21)22/h3-10H,11H2,1-2H3,(H,18,19). The number of nitrogens with one attached hydrogen (secondary N) is 1. The first-order valence-electron chi connectivity index (χ1n) is 7.21. The van der Waals surface area contributed by atoms with Crippen molar-refractivity contribution in [3.05, 3.63) is 54.1 Å². The van der Waals surface area contributed by atoms with E-state index in [1.807, 2.05) is 0 Å². The molecule has 8 heteroatoms. The van der Waals surface area contributed by atoms with Crippen LogP contribution in [0.4, 0.5) is 5.69 Å². The van der Waals surface area contributed by atoms with E-state index in [0.717, 1.165) is 6.26 Å². The highest BCUT2D eigenvalue weighted by Crippen LogP contribution is 2.18. The Morgan fingerprint density at radius 1 is 1.04 bits per heavy atom. The predicted molar refractivity (Wildman–Crippen MR) is 91.5 cm³/mol. The van der Waals surface area contributed by atoms with Gasteiger partial charge < -0.3 is 14.8 Å². The first-order valence-corrected chi connectivity index (χ1v) is 9.10. The van der Waals surface area contributed by atoms with Gasteiger partial charge in [0.25, 0.3) is 5.91 Å². The summed E-state index contributed by atoms with van der Waals surface area (Å²) in [6.45, 7) is -0.481. The van der Waals surface area contributed by atoms with Gasteiger partial charge >= 0.3 is 5.97 Å². The molecule has 0 saturated heterocycles. The summed E-state index contributed by atoms with van der Waals surface area (Å²) in [7, 11) is -1.87. The van der Waals surface area contributed by atoms with E-state index in [-0.39, 0.29) is 10.5 Å². The summed E-state index contributed by atoms with van der Waals surface area (Å²) in [5.41, 5.74) is 0.612. The van der Waals surface area contributed by atoms with Gasteiger partial charge in [0.1, 0.15) is 11.3 Å². The number of hydrogen-bond donors (Lipinski definition) is 1. The molecule has 0 aliphatic carbocycles. The van der Waals surface area contributed by atoms with Crippen molar-refractivity contribution >= 4 is 27.4 Å². The van der Waals surface area contributed by atoms with Gasteiger partial charge in [-0.05, 0) is 36.4 Å². The maximum absolute atomic E-state index is 12.0. The average Bonchev–Trinajstić information content (AvgIpc) is 2.59. The summed E-state index contributed by atoms with van der Waals surface area (Å²) in [4.78, 5) is 24.0. The van der Waals surface area contributed by atoms with Crippen LogP contribution in [0, 0.1) is 0 Å². The second kappa shape index (κ2) is 7.80. The lowest BCUT2D eigenvalue weighted by Crippen LogP contribution is -2.21. The molecule has 25 heavy (non-hydrogen) atoms. The van der Waals surface area contributed by atoms with Gasteiger partial charge in [0.15, 0.2) is 16.4 Å². The Morgan fingerprint density at radius 3 is 2.28 bits per heavy atom. The summed E-state index contributed by atoms with van der Waals surface area (Å²) in [5.74, 6) is -0.875. The van der Waals surface area contributed by atoms with Crippen LogP contribution < -0.4 is 10.1 Å². The van der Waals surface area contributed by atoms with E-state index >= 15 is 0 Å². The van der Waals surface area contributed by atoms with E-state index in [9.17, 15) is 18.0 Å². The molecule has 2 aromatic rings. The Kier molecular flexibility index (Phi) is 5.76. The molecule has 0 atom stereocenters. The normalized spacial score (nSPS) is 10.8. The second-order valence-corrected chi connectivity index (χ2v) is 7.14. The monoisotopic (exact) mass is 363 g/mol. The molecule has 132 valence electrons. The molecule has 2 rings (SSSR count). The highest BCUT2D eigenvalue weighted by atomic mass is 32.2. The maximum atomic E-state index is 12.0. The Balaban J connectivity index is 1.93. The second-order valence-electron chi connectivity index (χ2n) is 5.12. The van der Waals surface area contributed by atoms with Crippen molar-refractivity contribution in [1.82, 2.24) is 0 Å². The van der Waals surface area contributed by atoms with Crippen LogP contribution in [-0.2, 0) is 19.4 Å². The Labute approximate surface area is 145 Å². The van der Waals surface area contributed by atoms with Gasteiger partial charge in [-0.1, -0.05) is 12.1 Å². The van der Waals surface area contributed by atoms with Crippen LogP contribution in [0.2, 0.25) is 0 Å². The molecule has 0 unspecified atom stereocenters. The van der Waals surface area contributed by atoms with Crippen LogP contribution in [0.25, 0.3) is 0 Å². The number of sulfone groups is 1. The van der Waals surface area contributed by atoms with E-state index in [0.29, 0.717) is 11.4 Å². The topological polar surface area (TPSA) is 98.8 Å². The smallest absolute Gasteiger partial charge is 0.342 e. The fraction of sp³-hybridized carbons (Fsp3) is 0.176. The SMILES string of the molecule is COc1ccccc1C(=O)OCC(=O)Nc1ccc(S(C)(=O)=O)cc1. The van der Waals surface area contributed by atoms with Gasteiger partial charge in [0.2, 0.25) is 0 Å². The number of carbonyl (C=O) groups is 2. The first kappa shape index (κ1) is 18.5. The van der Waals surface area contributed by atoms with Crippen LogP contribution in [0.5, 0.6) is 5.75 Å². The molecule has 2 aromatic carbocycles. The number of benzene rings is 2. The van der Waals surface area contributed by atoms with Crippen molar-refractivity contribution in [2.45, 2.75) is 4.90 Å². The molecule has 0 saturated carbocycles. The fourth-order valence-corrected chi connectivity index (χ4v) is 2.64. The number of anilines is 1. The first-order chi connectivity index (χ1) is 11.8. The van der Waals surface area contributed by atoms with Crippen LogP contribution in [0.1, 0.15) is 10.4 Å². The predicted octanol–water partition coefficient (Wildman–Crippen LogP) is 1.89. The summed E-state index contributed by atoms with van der Waals surface area (Å²) in [6.07, 6.45) is 1.10. The molecule has 0 aromatic heterocycles. The lowest BCUT2D eigenvalue weighted by molar-refractivity contribution is -0.119. The summed E-state index contributed by atoms with van der Waals surface area (Å²) in [5, 5.41) is 2.51. The number of ether oxygens (including phenoxy) is 2. The van der Waals surface area contributed by atoms with Gasteiger partial charge in [0.05, 0.1) is 12.0 Å². The van der Waals surface area contributed by atoms with Crippen LogP contribution in [0.3, 0.4) is 0 Å². The third-order valence-electron chi connectivity index (χ3n) is 3.23. The molecular formula is C17H17NO6S. The minimum atomic E-state index is -3.30. The highest BCUT2D eigenvalue weighted by molar-refractivity contribution is 7.90. The van der Waals surface area contributed by atoms with Gasteiger partial charge in [-0.15, -0.1) is 0 Å². The molecule has 1 amide bonds. The maximum Gasteiger partial charge on any atom is 0.342 e. The highest BCUT2D eigenvalue weighted by Gasteiger charge is 2.15. The van der Waals surface area contributed by atoms with Crippen LogP contribution in [-0.4, -0.2) is 40.3 Å². The largest absolute Gasteiger partial charge is 0.496 e. The number of para-hydroxylation sites is 1. The molecule has 0 aliphatic rings. The molecule has 1 N–H and O–H groups in total. The molecule has 0 fully saturated rings. The number of amides is 1. The zero-order chi connectivity index (χ0) is 18.4. The molecule has 0 aliphatic heterocycles. The molecule has 7 nitrogen and oxygen atoms in total. The summed E-state index contributed by atoms with van der Waals surface area (Å²) < 4.78 is 32.8. The van der Waals surface area contributed by atoms with Crippen molar-refractivity contribution in [2.24, 2.45) is 0 Å². The van der Waals surface area contributed by atoms with Crippen LogP contribution in [0.15, 0.2) is 53.4 Å². The summed E-state index contributed by atoms with van der Waals surface area (Å²) >= 11 is 0. The van der Waals surface area contributed by atoms with E-state index in [2.05, 4.69) is 5.32 Å². The Morgan fingerprint density at radius 2 is 1.68 bits per heavy atom. The molecule has 0 bridgehead atoms. The van der Waals surface area contributed by atoms with Crippen molar-refractivity contribution in [3.63, 3.8) is 0 Å². The molecule has 0 heterocycles. The van der Waals surface area contributed by atoms with Crippen LogP contribution >= 0.6 is 0 Å². The van der Waals surface area contributed by atoms with Crippen molar-refractivity contribution in [2.75, 3.05) is 25.3 Å². The molecule has 0 radical (unpaired) electrons. The fourth-order valence-electron chi connectivity index (χ4n) is 2.00. The van der Waals surface area contributed by atoms with Gasteiger partial charge in [-0.3, -0.25) is 4.79 Å². The number of rotatable bonds is 6. The van der Waals surface area contributed by atoms with Gasteiger partial charge in [0, 0.05) is 11.9 Å². The van der Waals surface area contributed by atoms with E-state index < -0.39 is 28.3 Å². The average molecular weight is 363 g/mol. The number of esters is 1. The number of methoxy groups -OCH3 is 1. The molecule has 0 spiro atoms. The zero-order valence-corrected chi connectivity index (χ0v) is 14.5. The lowest BCUT2D eigenvalue weighted by Gasteiger charge is -2.09. The third kappa shape index (κ3) is 5.05. The van der Waals surface area contributed by atoms with Crippen molar-refractivity contribution < 1.29 is 27.5 Å². The van der Waals surface area contributed by atoms with E-state index in [1.165, 1.54) is 37.4 Å². The van der Waals surface area contributed by atoms with Gasteiger partial charge in [-0.25, -0.2) is 13.2 Å². The Bertz CT molecular complexity index is 874. The number of hydrogen-bond acceptors (Lipinski definition) is 6. The van der Waals surface area contributed by atoms with Crippen molar-refractivity contribution in [3.8, 4) is 5.75 Å². The number of carbonyl (C=O) groups excluding carboxylic acids is 2. The molecular weight excluding hydrogens is 346 g/mol. The third-order valence-corrected chi connectivity index (χ3v) is 4.36. The summed E-state index contributed by atoms with van der Waals surface area (Å²) in [6, 6.07) is 12.2. The minimum Gasteiger partial charge on any atom is -0.496 e.